The molecule has 576 valence electrons. The maximum absolute atomic E-state index is 13.2. The van der Waals surface area contributed by atoms with E-state index < -0.39 is 18.3 Å². The standard InChI is InChI=1S/C31H35N5O4.C17H21BN2O4.C17H19NO3.C6H10ClNO2.C4H9NO.C2H2Cl2O.ClH/c1-21-9-11-22(12-10-21)36-28(19-27(34-36)31(2,3)4)33-30(38)32-25-13-14-26(24-8-6-5-7-23(24)25)40-20-29(37)35-15-17-39-18-16-35;1-18(22)19-15-6-7-16(14-5-3-2-4-13(14)15)24-12-17(21)20-8-10-23-11-9-20;1-13-6-7-16(15-5-3-2-4-14(13)15)21-12-17(19)18-8-10-20-11-9-18;7-5-6(9)8-1-3-10-4-2-8;1-3-6-4-2-5-1;3-1-2(4)5;/h5-14,19H,15-18,20H2,1-4H3,(H2,32,33,38);2-7,19,22H,8-12H2,1H3;2-7H,8-12H2,1H3;1-5H2;5H,1-4H2;1H2;1H. The first-order valence-electron chi connectivity index (χ1n) is 35.3. The number of aromatic nitrogens is 2. The van der Waals surface area contributed by atoms with Crippen LogP contribution in [0.2, 0.25) is 6.82 Å². The number of halogens is 4. The van der Waals surface area contributed by atoms with Gasteiger partial charge in [0.15, 0.2) is 19.8 Å². The number of benzene rings is 7. The van der Waals surface area contributed by atoms with Crippen LogP contribution in [0.3, 0.4) is 0 Å². The summed E-state index contributed by atoms with van der Waals surface area (Å²) < 4.78 is 45.1. The van der Waals surface area contributed by atoms with Gasteiger partial charge >= 0.3 is 13.1 Å². The first-order chi connectivity index (χ1) is 51.2. The zero-order chi connectivity index (χ0) is 75.8. The van der Waals surface area contributed by atoms with Gasteiger partial charge in [0.1, 0.15) is 28.9 Å². The van der Waals surface area contributed by atoms with E-state index in [1.165, 1.54) is 5.56 Å². The third-order valence-electron chi connectivity index (χ3n) is 17.1. The van der Waals surface area contributed by atoms with Gasteiger partial charge in [-0.25, -0.2) is 9.48 Å². The molecule has 0 aliphatic carbocycles. The van der Waals surface area contributed by atoms with E-state index in [1.807, 2.05) is 128 Å². The maximum atomic E-state index is 13.2. The molecule has 8 aromatic rings. The number of alkyl halides is 2. The van der Waals surface area contributed by atoms with Crippen LogP contribution < -0.4 is 35.4 Å². The highest BCUT2D eigenvalue weighted by atomic mass is 35.5. The molecule has 0 radical (unpaired) electrons. The van der Waals surface area contributed by atoms with E-state index in [9.17, 15) is 33.8 Å². The maximum Gasteiger partial charge on any atom is 0.406 e. The number of carbonyl (C=O) groups is 6. The summed E-state index contributed by atoms with van der Waals surface area (Å²) in [6, 6.07) is 44.2. The molecule has 0 saturated carbocycles. The lowest BCUT2D eigenvalue weighted by Crippen LogP contribution is -2.42. The molecule has 5 N–H and O–H groups in total. The lowest BCUT2D eigenvalue weighted by molar-refractivity contribution is -0.138. The summed E-state index contributed by atoms with van der Waals surface area (Å²) in [5.41, 5.74) is 5.32. The van der Waals surface area contributed by atoms with E-state index in [0.29, 0.717) is 128 Å². The predicted octanol–water partition coefficient (Wildman–Crippen LogP) is 10.6. The number of rotatable bonds is 16. The van der Waals surface area contributed by atoms with Gasteiger partial charge in [0.2, 0.25) is 11.1 Å². The lowest BCUT2D eigenvalue weighted by Gasteiger charge is -2.26. The van der Waals surface area contributed by atoms with Crippen LogP contribution in [0.4, 0.5) is 22.0 Å². The monoisotopic (exact) mass is 1550 g/mol. The number of anilines is 3. The second kappa shape index (κ2) is 44.7. The number of nitrogens with one attached hydrogen (secondary N) is 4. The van der Waals surface area contributed by atoms with Gasteiger partial charge in [0.25, 0.3) is 17.7 Å². The zero-order valence-corrected chi connectivity index (χ0v) is 64.5. The Kier molecular flexibility index (Phi) is 35.8. The van der Waals surface area contributed by atoms with Crippen LogP contribution in [-0.2, 0) is 53.1 Å². The minimum atomic E-state index is -0.650. The van der Waals surface area contributed by atoms with E-state index in [-0.39, 0.29) is 73.0 Å². The fraction of sp³-hybridized carbons (Fsp3) is 0.416. The first kappa shape index (κ1) is 85.7. The highest BCUT2D eigenvalue weighted by Crippen LogP contribution is 2.35. The van der Waals surface area contributed by atoms with Crippen molar-refractivity contribution in [1.29, 1.82) is 0 Å². The van der Waals surface area contributed by atoms with Gasteiger partial charge in [-0.15, -0.1) is 35.6 Å². The predicted molar refractivity (Wildman–Crippen MR) is 423 cm³/mol. The van der Waals surface area contributed by atoms with E-state index in [1.54, 1.807) is 43.2 Å². The van der Waals surface area contributed by atoms with Gasteiger partial charge < -0.3 is 78.4 Å². The van der Waals surface area contributed by atoms with Crippen LogP contribution in [0.25, 0.3) is 38.0 Å². The summed E-state index contributed by atoms with van der Waals surface area (Å²) >= 11 is 14.9. The largest absolute Gasteiger partial charge is 0.483 e. The molecule has 107 heavy (non-hydrogen) atoms. The second-order valence-electron chi connectivity index (χ2n) is 25.9. The number of ether oxygens (including phenoxy) is 8. The van der Waals surface area contributed by atoms with Crippen LogP contribution in [0.5, 0.6) is 17.2 Å². The number of aryl methyl sites for hydroxylation is 2. The molecule has 0 unspecified atom stereocenters. The van der Waals surface area contributed by atoms with Crippen molar-refractivity contribution < 1.29 is 71.7 Å². The summed E-state index contributed by atoms with van der Waals surface area (Å²) in [4.78, 5) is 77.5. The van der Waals surface area contributed by atoms with Crippen LogP contribution in [-0.4, -0.2) is 239 Å². The van der Waals surface area contributed by atoms with Crippen molar-refractivity contribution in [2.75, 3.05) is 179 Å². The molecular weight excluding hydrogens is 1460 g/mol. The Hall–Kier alpha value is -8.51. The van der Waals surface area contributed by atoms with Crippen LogP contribution in [0, 0.1) is 13.8 Å². The minimum Gasteiger partial charge on any atom is -0.483 e. The molecule has 5 fully saturated rings. The molecule has 0 spiro atoms. The Balaban J connectivity index is 0.000000203. The fourth-order valence-electron chi connectivity index (χ4n) is 11.3. The molecule has 0 bridgehead atoms. The van der Waals surface area contributed by atoms with Gasteiger partial charge in [-0.05, 0) is 85.7 Å². The highest BCUT2D eigenvalue weighted by Gasteiger charge is 2.25. The van der Waals surface area contributed by atoms with Crippen molar-refractivity contribution in [2.24, 2.45) is 0 Å². The smallest absolute Gasteiger partial charge is 0.406 e. The van der Waals surface area contributed by atoms with E-state index in [2.05, 4.69) is 54.9 Å². The highest BCUT2D eigenvalue weighted by molar-refractivity contribution is 6.67. The number of carbonyl (C=O) groups excluding carboxylic acids is 6. The SMILES string of the molecule is C1COCCN1.CB(O)Nc1ccc(OCC(=O)N2CCOCC2)c2ccccc12.Cc1ccc(-n2nc(C(C)(C)C)cc2NC(=O)Nc2ccc(OCC(=O)N3CCOCC3)c3ccccc23)cc1.Cc1ccc(OCC(=O)N2CCOCC2)c2ccccc12.Cl.O=C(CCl)N1CCOCC1.O=C(Cl)CCl. The Morgan fingerprint density at radius 1 is 0.505 bits per heavy atom. The van der Waals surface area contributed by atoms with Gasteiger partial charge in [0, 0.05) is 110 Å². The molecular formula is C77H97BCl4N10O15. The average Bonchev–Trinajstić information content (AvgIpc) is 1.76. The summed E-state index contributed by atoms with van der Waals surface area (Å²) in [5.74, 6) is 2.46. The van der Waals surface area contributed by atoms with Crippen molar-refractivity contribution in [2.45, 2.75) is 46.9 Å². The van der Waals surface area contributed by atoms with Crippen molar-refractivity contribution in [3.05, 3.63) is 156 Å². The Bertz CT molecular complexity index is 4130. The second-order valence-corrected chi connectivity index (χ2v) is 26.8. The molecule has 30 heteroatoms. The van der Waals surface area contributed by atoms with Gasteiger partial charge in [0.05, 0.1) is 89.0 Å². The zero-order valence-electron chi connectivity index (χ0n) is 61.4. The van der Waals surface area contributed by atoms with Crippen LogP contribution in [0.1, 0.15) is 37.6 Å². The van der Waals surface area contributed by atoms with Crippen molar-refractivity contribution in [3.8, 4) is 22.9 Å². The summed E-state index contributed by atoms with van der Waals surface area (Å²) in [6.07, 6.45) is 0. The van der Waals surface area contributed by atoms with Gasteiger partial charge in [-0.3, -0.25) is 29.3 Å². The van der Waals surface area contributed by atoms with Gasteiger partial charge in [-0.2, -0.15) is 5.10 Å². The molecule has 5 aliphatic rings. The third kappa shape index (κ3) is 27.3. The quantitative estimate of drug-likeness (QED) is 0.0342. The average molecular weight is 1560 g/mol. The molecule has 6 amide bonds. The summed E-state index contributed by atoms with van der Waals surface area (Å²) in [5, 5.41) is 31.6. The molecule has 7 aromatic carbocycles. The van der Waals surface area contributed by atoms with E-state index in [4.69, 9.17) is 77.8 Å². The van der Waals surface area contributed by atoms with E-state index in [0.717, 1.165) is 87.0 Å². The number of amides is 6. The van der Waals surface area contributed by atoms with Crippen molar-refractivity contribution in [3.63, 3.8) is 0 Å². The Labute approximate surface area is 646 Å². The number of urea groups is 1. The fourth-order valence-corrected chi connectivity index (χ4v) is 11.5. The molecule has 5 aliphatic heterocycles. The molecule has 5 saturated heterocycles. The van der Waals surface area contributed by atoms with Crippen LogP contribution in [0.15, 0.2) is 140 Å². The normalized spacial score (nSPS) is 14.9. The van der Waals surface area contributed by atoms with Crippen LogP contribution >= 0.6 is 47.2 Å². The van der Waals surface area contributed by atoms with Crippen molar-refractivity contribution >= 4 is 139 Å². The van der Waals surface area contributed by atoms with Gasteiger partial charge in [-0.1, -0.05) is 117 Å². The summed E-state index contributed by atoms with van der Waals surface area (Å²) in [7, 11) is -0.650. The molecule has 25 nitrogen and oxygen atoms in total. The number of morpholine rings is 5. The Morgan fingerprint density at radius 3 is 1.26 bits per heavy atom. The molecule has 1 aromatic heterocycles. The molecule has 13 rings (SSSR count). The molecule has 0 atom stereocenters. The van der Waals surface area contributed by atoms with Crippen molar-refractivity contribution in [1.82, 2.24) is 34.7 Å². The molecule has 6 heterocycles. The number of fused-ring (bicyclic) bond motifs is 3. The summed E-state index contributed by atoms with van der Waals surface area (Å²) in [6.45, 7) is 25.7. The topological polar surface area (TPSA) is 275 Å². The third-order valence-corrected chi connectivity index (χ3v) is 17.8. The number of hydrogen-bond acceptors (Lipinski definition) is 18. The first-order valence-corrected chi connectivity index (χ1v) is 36.8. The minimum absolute atomic E-state index is 0. The Morgan fingerprint density at radius 2 is 0.879 bits per heavy atom. The number of hydrogen-bond donors (Lipinski definition) is 5. The lowest BCUT2D eigenvalue weighted by atomic mass is 9.87. The number of nitrogens with zero attached hydrogens (tertiary/aromatic N) is 6. The van der Waals surface area contributed by atoms with E-state index >= 15 is 0 Å².